The van der Waals surface area contributed by atoms with Gasteiger partial charge in [0.1, 0.15) is 0 Å². The van der Waals surface area contributed by atoms with Crippen molar-refractivity contribution in [3.8, 4) is 0 Å². The van der Waals surface area contributed by atoms with Gasteiger partial charge in [0.2, 0.25) is 0 Å². The molecule has 0 bridgehead atoms. The Kier molecular flexibility index (Phi) is 7.81. The zero-order valence-corrected chi connectivity index (χ0v) is 19.5. The average Bonchev–Trinajstić information content (AvgIpc) is 2.77. The van der Waals surface area contributed by atoms with Gasteiger partial charge in [0.15, 0.2) is 9.84 Å². The van der Waals surface area contributed by atoms with Crippen LogP contribution in [-0.2, 0) is 9.84 Å². The first-order valence-corrected chi connectivity index (χ1v) is 13.4. The highest BCUT2D eigenvalue weighted by Crippen LogP contribution is 2.36. The Hall–Kier alpha value is -2.01. The molecule has 0 aliphatic rings. The second-order valence-corrected chi connectivity index (χ2v) is 10.3. The molecular formula is C25H25ClO2S2. The molecule has 0 aromatic heterocycles. The minimum Gasteiger partial charge on any atom is -0.224 e. The smallest absolute Gasteiger partial charge is 0.175 e. The van der Waals surface area contributed by atoms with Crippen molar-refractivity contribution in [1.82, 2.24) is 0 Å². The van der Waals surface area contributed by atoms with Crippen LogP contribution in [0, 0.1) is 0 Å². The Morgan fingerprint density at radius 2 is 1.40 bits per heavy atom. The first-order chi connectivity index (χ1) is 14.4. The third-order valence-electron chi connectivity index (χ3n) is 4.93. The SMILES string of the molecule is CSc1ccc(/C(CCCCl)=C(\c2ccccc2)c2ccc(S(C)(=O)=O)cc2)cc1. The van der Waals surface area contributed by atoms with Gasteiger partial charge in [0.05, 0.1) is 4.90 Å². The Labute approximate surface area is 188 Å². The minimum atomic E-state index is -3.24. The number of thioether (sulfide) groups is 1. The molecule has 0 spiro atoms. The van der Waals surface area contributed by atoms with Crippen LogP contribution < -0.4 is 0 Å². The van der Waals surface area contributed by atoms with Crippen LogP contribution in [0.15, 0.2) is 88.7 Å². The number of alkyl halides is 1. The monoisotopic (exact) mass is 456 g/mol. The lowest BCUT2D eigenvalue weighted by atomic mass is 9.87. The Bertz CT molecular complexity index is 1100. The molecule has 2 nitrogen and oxygen atoms in total. The second kappa shape index (κ2) is 10.3. The fraction of sp³-hybridized carbons (Fsp3) is 0.200. The van der Waals surface area contributed by atoms with Gasteiger partial charge in [0.25, 0.3) is 0 Å². The molecule has 30 heavy (non-hydrogen) atoms. The number of rotatable bonds is 8. The molecule has 0 N–H and O–H groups in total. The molecule has 0 saturated heterocycles. The Morgan fingerprint density at radius 1 is 0.833 bits per heavy atom. The molecule has 0 aliphatic heterocycles. The fourth-order valence-electron chi connectivity index (χ4n) is 3.44. The molecule has 0 radical (unpaired) electrons. The first-order valence-electron chi connectivity index (χ1n) is 9.73. The summed E-state index contributed by atoms with van der Waals surface area (Å²) in [5.74, 6) is 0.585. The highest BCUT2D eigenvalue weighted by Gasteiger charge is 2.15. The van der Waals surface area contributed by atoms with Gasteiger partial charge in [-0.15, -0.1) is 23.4 Å². The van der Waals surface area contributed by atoms with Crippen LogP contribution in [-0.4, -0.2) is 26.8 Å². The zero-order valence-electron chi connectivity index (χ0n) is 17.1. The summed E-state index contributed by atoms with van der Waals surface area (Å²) in [6, 6.07) is 26.0. The lowest BCUT2D eigenvalue weighted by Gasteiger charge is -2.18. The van der Waals surface area contributed by atoms with Crippen LogP contribution in [0.3, 0.4) is 0 Å². The molecule has 0 aliphatic carbocycles. The van der Waals surface area contributed by atoms with E-state index in [1.54, 1.807) is 23.9 Å². The number of hydrogen-bond acceptors (Lipinski definition) is 3. The standard InChI is InChI=1S/C25H25ClO2S2/c1-29-22-14-10-19(11-15-22)24(9-6-18-26)25(20-7-4-3-5-8-20)21-12-16-23(17-13-21)30(2,27)28/h3-5,7-8,10-17H,6,9,18H2,1-2H3/b25-24+. The first kappa shape index (κ1) is 22.7. The van der Waals surface area contributed by atoms with E-state index in [1.807, 2.05) is 30.3 Å². The molecular weight excluding hydrogens is 432 g/mol. The maximum atomic E-state index is 11.9. The van der Waals surface area contributed by atoms with Gasteiger partial charge in [-0.25, -0.2) is 8.42 Å². The van der Waals surface area contributed by atoms with E-state index in [-0.39, 0.29) is 0 Å². The van der Waals surface area contributed by atoms with Crippen molar-refractivity contribution >= 4 is 44.3 Å². The van der Waals surface area contributed by atoms with Crippen molar-refractivity contribution in [3.63, 3.8) is 0 Å². The van der Waals surface area contributed by atoms with Crippen molar-refractivity contribution in [2.24, 2.45) is 0 Å². The minimum absolute atomic E-state index is 0.324. The summed E-state index contributed by atoms with van der Waals surface area (Å²) in [5.41, 5.74) is 5.57. The predicted molar refractivity (Wildman–Crippen MR) is 130 cm³/mol. The highest BCUT2D eigenvalue weighted by molar-refractivity contribution is 7.98. The van der Waals surface area contributed by atoms with Crippen molar-refractivity contribution < 1.29 is 8.42 Å². The van der Waals surface area contributed by atoms with Crippen molar-refractivity contribution in [3.05, 3.63) is 95.6 Å². The number of sulfone groups is 1. The van der Waals surface area contributed by atoms with Crippen molar-refractivity contribution in [2.75, 3.05) is 18.4 Å². The number of halogens is 1. The van der Waals surface area contributed by atoms with Crippen LogP contribution in [0.4, 0.5) is 0 Å². The number of hydrogen-bond donors (Lipinski definition) is 0. The van der Waals surface area contributed by atoms with Crippen LogP contribution >= 0.6 is 23.4 Å². The molecule has 3 aromatic rings. The normalized spacial score (nSPS) is 12.5. The summed E-state index contributed by atoms with van der Waals surface area (Å²) in [5, 5.41) is 0. The molecule has 156 valence electrons. The van der Waals surface area contributed by atoms with Gasteiger partial charge < -0.3 is 0 Å². The number of allylic oxidation sites excluding steroid dienone is 1. The zero-order chi connectivity index (χ0) is 21.6. The van der Waals surface area contributed by atoms with Crippen molar-refractivity contribution in [1.29, 1.82) is 0 Å². The van der Waals surface area contributed by atoms with E-state index in [0.717, 1.165) is 35.1 Å². The third kappa shape index (κ3) is 5.57. The summed E-state index contributed by atoms with van der Waals surface area (Å²) in [6.45, 7) is 0. The second-order valence-electron chi connectivity index (χ2n) is 7.04. The molecule has 3 aromatic carbocycles. The predicted octanol–water partition coefficient (Wildman–Crippen LogP) is 6.79. The molecule has 0 atom stereocenters. The quantitative estimate of drug-likeness (QED) is 0.212. The van der Waals surface area contributed by atoms with Crippen LogP contribution in [0.25, 0.3) is 11.1 Å². The summed E-state index contributed by atoms with van der Waals surface area (Å²) >= 11 is 7.77. The lowest BCUT2D eigenvalue weighted by molar-refractivity contribution is 0.602. The summed E-state index contributed by atoms with van der Waals surface area (Å²) in [7, 11) is -3.24. The summed E-state index contributed by atoms with van der Waals surface area (Å²) < 4.78 is 23.8. The van der Waals surface area contributed by atoms with Gasteiger partial charge in [-0.1, -0.05) is 54.6 Å². The number of benzene rings is 3. The van der Waals surface area contributed by atoms with E-state index in [2.05, 4.69) is 42.7 Å². The van der Waals surface area contributed by atoms with Crippen LogP contribution in [0.1, 0.15) is 29.5 Å². The van der Waals surface area contributed by atoms with E-state index in [0.29, 0.717) is 10.8 Å². The van der Waals surface area contributed by atoms with E-state index in [1.165, 1.54) is 16.7 Å². The van der Waals surface area contributed by atoms with E-state index in [9.17, 15) is 8.42 Å². The fourth-order valence-corrected chi connectivity index (χ4v) is 4.61. The lowest BCUT2D eigenvalue weighted by Crippen LogP contribution is -1.99. The molecule has 0 unspecified atom stereocenters. The molecule has 0 fully saturated rings. The Morgan fingerprint density at radius 3 is 1.93 bits per heavy atom. The van der Waals surface area contributed by atoms with E-state index in [4.69, 9.17) is 11.6 Å². The van der Waals surface area contributed by atoms with Gasteiger partial charge >= 0.3 is 0 Å². The highest BCUT2D eigenvalue weighted by atomic mass is 35.5. The Balaban J connectivity index is 2.23. The van der Waals surface area contributed by atoms with Gasteiger partial charge in [-0.3, -0.25) is 0 Å². The molecule has 0 amide bonds. The van der Waals surface area contributed by atoms with Gasteiger partial charge in [-0.05, 0) is 71.2 Å². The largest absolute Gasteiger partial charge is 0.224 e. The molecule has 3 rings (SSSR count). The average molecular weight is 457 g/mol. The van der Waals surface area contributed by atoms with Crippen molar-refractivity contribution in [2.45, 2.75) is 22.6 Å². The van der Waals surface area contributed by atoms with E-state index >= 15 is 0 Å². The molecule has 0 heterocycles. The van der Waals surface area contributed by atoms with Crippen LogP contribution in [0.5, 0.6) is 0 Å². The van der Waals surface area contributed by atoms with Gasteiger partial charge in [-0.2, -0.15) is 0 Å². The summed E-state index contributed by atoms with van der Waals surface area (Å²) in [6.07, 6.45) is 4.99. The maximum absolute atomic E-state index is 11.9. The molecule has 5 heteroatoms. The maximum Gasteiger partial charge on any atom is 0.175 e. The van der Waals surface area contributed by atoms with Gasteiger partial charge in [0, 0.05) is 17.0 Å². The van der Waals surface area contributed by atoms with Crippen LogP contribution in [0.2, 0.25) is 0 Å². The molecule has 0 saturated carbocycles. The van der Waals surface area contributed by atoms with E-state index < -0.39 is 9.84 Å². The third-order valence-corrected chi connectivity index (χ3v) is 7.07. The topological polar surface area (TPSA) is 34.1 Å². The summed E-state index contributed by atoms with van der Waals surface area (Å²) in [4.78, 5) is 1.54.